The van der Waals surface area contributed by atoms with Crippen LogP contribution < -0.4 is 5.32 Å². The molecule has 0 radical (unpaired) electrons. The van der Waals surface area contributed by atoms with E-state index in [2.05, 4.69) is 26.2 Å². The molecule has 0 spiro atoms. The molecule has 0 aliphatic carbocycles. The quantitative estimate of drug-likeness (QED) is 0.619. The molecule has 0 aromatic carbocycles. The summed E-state index contributed by atoms with van der Waals surface area (Å²) in [6.07, 6.45) is 3.99. The largest absolute Gasteiger partial charge is 0.359 e. The molecular formula is C16H22BrN3O. The Hall–Kier alpha value is -1.20. The molecule has 1 unspecified atom stereocenters. The van der Waals surface area contributed by atoms with E-state index in [-0.39, 0.29) is 6.23 Å². The Morgan fingerprint density at radius 1 is 1.48 bits per heavy atom. The molecule has 2 rings (SSSR count). The molecule has 4 nitrogen and oxygen atoms in total. The number of rotatable bonds is 5. The lowest BCUT2D eigenvalue weighted by molar-refractivity contribution is 0.00520. The van der Waals surface area contributed by atoms with Crippen LogP contribution in [0.5, 0.6) is 0 Å². The second-order valence-electron chi connectivity index (χ2n) is 5.18. The zero-order valence-corrected chi connectivity index (χ0v) is 14.2. The molecular weight excluding hydrogens is 330 g/mol. The van der Waals surface area contributed by atoms with Crippen molar-refractivity contribution in [2.75, 3.05) is 6.61 Å². The molecule has 21 heavy (non-hydrogen) atoms. The summed E-state index contributed by atoms with van der Waals surface area (Å²) in [7, 11) is 0. The van der Waals surface area contributed by atoms with E-state index in [4.69, 9.17) is 10.1 Å². The Morgan fingerprint density at radius 3 is 2.90 bits per heavy atom. The monoisotopic (exact) mass is 351 g/mol. The fraction of sp³-hybridized carbons (Fsp3) is 0.500. The summed E-state index contributed by atoms with van der Waals surface area (Å²) in [5, 5.41) is 11.6. The molecule has 1 atom stereocenters. The van der Waals surface area contributed by atoms with Crippen molar-refractivity contribution in [3.8, 4) is 0 Å². The standard InChI is InChI=1S/C16H22BrN3O/c1-3-12(18)11(2)16(13-7-6-8-14(17)19-13)20-15-9-4-5-10-21-15/h6-8,15,18,20H,3-5,9-10H2,1-2H3/b16-11-,18-12?. The average Bonchev–Trinajstić information content (AvgIpc) is 2.52. The molecule has 2 N–H and O–H groups in total. The number of pyridine rings is 1. The molecule has 0 amide bonds. The topological polar surface area (TPSA) is 58.0 Å². The molecule has 1 aromatic heterocycles. The number of nitrogens with one attached hydrogen (secondary N) is 2. The minimum absolute atomic E-state index is 0.00846. The van der Waals surface area contributed by atoms with Gasteiger partial charge in [0.25, 0.3) is 0 Å². The zero-order valence-electron chi connectivity index (χ0n) is 12.6. The van der Waals surface area contributed by atoms with Gasteiger partial charge in [-0.15, -0.1) is 0 Å². The van der Waals surface area contributed by atoms with Crippen LogP contribution >= 0.6 is 15.9 Å². The van der Waals surface area contributed by atoms with Crippen LogP contribution in [0.3, 0.4) is 0 Å². The summed E-state index contributed by atoms with van der Waals surface area (Å²) in [6.45, 7) is 4.76. The summed E-state index contributed by atoms with van der Waals surface area (Å²) in [5.74, 6) is 0. The first kappa shape index (κ1) is 16.2. The van der Waals surface area contributed by atoms with Crippen LogP contribution in [-0.4, -0.2) is 23.5 Å². The Balaban J connectivity index is 2.32. The van der Waals surface area contributed by atoms with Gasteiger partial charge in [-0.3, -0.25) is 0 Å². The van der Waals surface area contributed by atoms with Gasteiger partial charge in [-0.2, -0.15) is 0 Å². The third kappa shape index (κ3) is 4.38. The maximum Gasteiger partial charge on any atom is 0.127 e. The lowest BCUT2D eigenvalue weighted by atomic mass is 10.0. The smallest absolute Gasteiger partial charge is 0.127 e. The van der Waals surface area contributed by atoms with Gasteiger partial charge in [0.05, 0.1) is 11.4 Å². The van der Waals surface area contributed by atoms with Crippen molar-refractivity contribution < 1.29 is 4.74 Å². The van der Waals surface area contributed by atoms with Crippen LogP contribution in [0.1, 0.15) is 45.2 Å². The molecule has 0 bridgehead atoms. The van der Waals surface area contributed by atoms with Crippen molar-refractivity contribution in [2.45, 2.75) is 45.8 Å². The molecule has 1 aromatic rings. The Bertz CT molecular complexity index is 536. The Morgan fingerprint density at radius 2 is 2.29 bits per heavy atom. The molecule has 1 aliphatic heterocycles. The fourth-order valence-electron chi connectivity index (χ4n) is 2.35. The maximum absolute atomic E-state index is 8.12. The van der Waals surface area contributed by atoms with Gasteiger partial charge in [0.2, 0.25) is 0 Å². The van der Waals surface area contributed by atoms with Crippen molar-refractivity contribution in [2.24, 2.45) is 0 Å². The van der Waals surface area contributed by atoms with E-state index in [1.807, 2.05) is 32.0 Å². The molecule has 1 aliphatic rings. The number of hydrogen-bond acceptors (Lipinski definition) is 4. The highest BCUT2D eigenvalue weighted by atomic mass is 79.9. The highest BCUT2D eigenvalue weighted by molar-refractivity contribution is 9.10. The number of halogens is 1. The zero-order chi connectivity index (χ0) is 15.2. The molecule has 0 saturated carbocycles. The minimum atomic E-state index is 0.00846. The first-order valence-electron chi connectivity index (χ1n) is 7.41. The minimum Gasteiger partial charge on any atom is -0.359 e. The second kappa shape index (κ2) is 7.71. The number of allylic oxidation sites excluding steroid dienone is 1. The molecule has 1 saturated heterocycles. The number of ether oxygens (including phenoxy) is 1. The van der Waals surface area contributed by atoms with Gasteiger partial charge in [0.15, 0.2) is 0 Å². The van der Waals surface area contributed by atoms with Gasteiger partial charge in [-0.05, 0) is 66.2 Å². The molecule has 114 valence electrons. The van der Waals surface area contributed by atoms with Gasteiger partial charge >= 0.3 is 0 Å². The van der Waals surface area contributed by atoms with Crippen LogP contribution in [0, 0.1) is 5.41 Å². The summed E-state index contributed by atoms with van der Waals surface area (Å²) in [6, 6.07) is 5.82. The van der Waals surface area contributed by atoms with Gasteiger partial charge in [-0.25, -0.2) is 4.98 Å². The lowest BCUT2D eigenvalue weighted by Gasteiger charge is -2.27. The van der Waals surface area contributed by atoms with Crippen molar-refractivity contribution in [1.82, 2.24) is 10.3 Å². The van der Waals surface area contributed by atoms with Gasteiger partial charge in [0.1, 0.15) is 10.8 Å². The van der Waals surface area contributed by atoms with E-state index >= 15 is 0 Å². The van der Waals surface area contributed by atoms with Crippen molar-refractivity contribution in [3.63, 3.8) is 0 Å². The Labute approximate surface area is 134 Å². The predicted molar refractivity (Wildman–Crippen MR) is 89.3 cm³/mol. The normalized spacial score (nSPS) is 19.9. The summed E-state index contributed by atoms with van der Waals surface area (Å²) < 4.78 is 6.56. The number of nitrogens with zero attached hydrogens (tertiary/aromatic N) is 1. The van der Waals surface area contributed by atoms with Crippen molar-refractivity contribution in [1.29, 1.82) is 5.41 Å². The van der Waals surface area contributed by atoms with Crippen LogP contribution in [0.4, 0.5) is 0 Å². The molecule has 5 heteroatoms. The van der Waals surface area contributed by atoms with E-state index in [9.17, 15) is 0 Å². The van der Waals surface area contributed by atoms with E-state index in [1.165, 1.54) is 6.42 Å². The van der Waals surface area contributed by atoms with Crippen molar-refractivity contribution in [3.05, 3.63) is 34.1 Å². The summed E-state index contributed by atoms with van der Waals surface area (Å²) in [5.41, 5.74) is 3.29. The van der Waals surface area contributed by atoms with Crippen LogP contribution in [0.25, 0.3) is 5.70 Å². The van der Waals surface area contributed by atoms with Crippen LogP contribution in [0.15, 0.2) is 28.4 Å². The fourth-order valence-corrected chi connectivity index (χ4v) is 2.70. The highest BCUT2D eigenvalue weighted by Crippen LogP contribution is 2.21. The molecule has 2 heterocycles. The number of hydrogen-bond donors (Lipinski definition) is 2. The lowest BCUT2D eigenvalue weighted by Crippen LogP contribution is -2.34. The SMILES string of the molecule is CCC(=N)/C(C)=C(\NC1CCCCO1)c1cccc(Br)n1. The van der Waals surface area contributed by atoms with E-state index in [1.54, 1.807) is 0 Å². The van der Waals surface area contributed by atoms with Gasteiger partial charge in [-0.1, -0.05) is 13.0 Å². The van der Waals surface area contributed by atoms with Crippen molar-refractivity contribution >= 4 is 27.3 Å². The maximum atomic E-state index is 8.12. The van der Waals surface area contributed by atoms with Crippen LogP contribution in [-0.2, 0) is 4.74 Å². The van der Waals surface area contributed by atoms with E-state index < -0.39 is 0 Å². The first-order chi connectivity index (χ1) is 10.1. The summed E-state index contributed by atoms with van der Waals surface area (Å²) in [4.78, 5) is 4.52. The number of aromatic nitrogens is 1. The average molecular weight is 352 g/mol. The third-order valence-electron chi connectivity index (χ3n) is 3.64. The third-order valence-corrected chi connectivity index (χ3v) is 4.08. The predicted octanol–water partition coefficient (Wildman–Crippen LogP) is 4.12. The summed E-state index contributed by atoms with van der Waals surface area (Å²) >= 11 is 3.41. The molecule has 1 fully saturated rings. The second-order valence-corrected chi connectivity index (χ2v) is 5.99. The van der Waals surface area contributed by atoms with E-state index in [0.29, 0.717) is 12.1 Å². The van der Waals surface area contributed by atoms with Crippen LogP contribution in [0.2, 0.25) is 0 Å². The Kier molecular flexibility index (Phi) is 5.94. The van der Waals surface area contributed by atoms with Gasteiger partial charge < -0.3 is 15.5 Å². The van der Waals surface area contributed by atoms with Gasteiger partial charge in [0, 0.05) is 12.3 Å². The van der Waals surface area contributed by atoms with E-state index in [0.717, 1.165) is 41.0 Å². The highest BCUT2D eigenvalue weighted by Gasteiger charge is 2.18. The first-order valence-corrected chi connectivity index (χ1v) is 8.21.